The van der Waals surface area contributed by atoms with E-state index < -0.39 is 28.5 Å². The fourth-order valence-corrected chi connectivity index (χ4v) is 1.55. The summed E-state index contributed by atoms with van der Waals surface area (Å²) in [5, 5.41) is 14.6. The molecule has 0 aliphatic heterocycles. The van der Waals surface area contributed by atoms with Gasteiger partial charge >= 0.3 is 6.03 Å². The number of para-hydroxylation sites is 1. The first-order valence-electron chi connectivity index (χ1n) is 6.34. The number of nitrogens with one attached hydrogen (secondary N) is 2. The third-order valence-corrected chi connectivity index (χ3v) is 2.58. The van der Waals surface area contributed by atoms with Crippen molar-refractivity contribution in [2.75, 3.05) is 0 Å². The van der Waals surface area contributed by atoms with Gasteiger partial charge in [0.15, 0.2) is 0 Å². The van der Waals surface area contributed by atoms with E-state index in [9.17, 15) is 24.5 Å². The summed E-state index contributed by atoms with van der Waals surface area (Å²) >= 11 is 0. The molecule has 1 aromatic carbocycles. The van der Waals surface area contributed by atoms with Gasteiger partial charge in [-0.1, -0.05) is 25.5 Å². The van der Waals surface area contributed by atoms with Crippen molar-refractivity contribution < 1.29 is 19.3 Å². The molecule has 8 nitrogen and oxygen atoms in total. The zero-order valence-corrected chi connectivity index (χ0v) is 11.4. The highest BCUT2D eigenvalue weighted by molar-refractivity contribution is 6.09. The summed E-state index contributed by atoms with van der Waals surface area (Å²) in [5.74, 6) is -1.45. The van der Waals surface area contributed by atoms with Crippen LogP contribution < -0.4 is 10.6 Å². The van der Waals surface area contributed by atoms with Crippen molar-refractivity contribution >= 4 is 23.5 Å². The Bertz CT molecular complexity index is 571. The van der Waals surface area contributed by atoms with E-state index in [-0.39, 0.29) is 12.0 Å². The van der Waals surface area contributed by atoms with Crippen LogP contribution in [0.3, 0.4) is 0 Å². The summed E-state index contributed by atoms with van der Waals surface area (Å²) in [6, 6.07) is 4.22. The van der Waals surface area contributed by atoms with Crippen LogP contribution in [0.1, 0.15) is 36.5 Å². The van der Waals surface area contributed by atoms with Crippen molar-refractivity contribution in [1.29, 1.82) is 0 Å². The molecule has 2 N–H and O–H groups in total. The molecule has 8 heteroatoms. The minimum absolute atomic E-state index is 0.170. The molecule has 0 saturated heterocycles. The number of unbranched alkanes of at least 4 members (excludes halogenated alkanes) is 1. The Morgan fingerprint density at radius 1 is 1.19 bits per heavy atom. The Kier molecular flexibility index (Phi) is 5.99. The van der Waals surface area contributed by atoms with Crippen LogP contribution in [0.25, 0.3) is 0 Å². The van der Waals surface area contributed by atoms with Gasteiger partial charge in [-0.2, -0.15) is 0 Å². The number of rotatable bonds is 5. The minimum Gasteiger partial charge on any atom is -0.278 e. The molecule has 0 atom stereocenters. The van der Waals surface area contributed by atoms with Crippen LogP contribution in [0, 0.1) is 10.1 Å². The van der Waals surface area contributed by atoms with E-state index in [2.05, 4.69) is 0 Å². The summed E-state index contributed by atoms with van der Waals surface area (Å²) < 4.78 is 0. The SMILES string of the molecule is CCCCC(=O)NC(=O)NC(=O)c1ccccc1[N+](=O)[O-]. The quantitative estimate of drug-likeness (QED) is 0.633. The lowest BCUT2D eigenvalue weighted by atomic mass is 10.1. The van der Waals surface area contributed by atoms with Crippen molar-refractivity contribution in [3.63, 3.8) is 0 Å². The van der Waals surface area contributed by atoms with E-state index >= 15 is 0 Å². The van der Waals surface area contributed by atoms with Crippen LogP contribution >= 0.6 is 0 Å². The number of carbonyl (C=O) groups is 3. The first-order valence-corrected chi connectivity index (χ1v) is 6.34. The van der Waals surface area contributed by atoms with Gasteiger partial charge in [0.2, 0.25) is 5.91 Å². The Morgan fingerprint density at radius 2 is 1.86 bits per heavy atom. The second kappa shape index (κ2) is 7.73. The van der Waals surface area contributed by atoms with E-state index in [4.69, 9.17) is 0 Å². The number of nitrogens with zero attached hydrogens (tertiary/aromatic N) is 1. The first-order chi connectivity index (χ1) is 9.95. The van der Waals surface area contributed by atoms with E-state index in [1.54, 1.807) is 0 Å². The molecule has 0 bridgehead atoms. The number of hydrogen-bond acceptors (Lipinski definition) is 5. The van der Waals surface area contributed by atoms with Gasteiger partial charge in [-0.3, -0.25) is 30.3 Å². The summed E-state index contributed by atoms with van der Waals surface area (Å²) in [6.45, 7) is 1.89. The van der Waals surface area contributed by atoms with Gasteiger partial charge in [0, 0.05) is 12.5 Å². The molecule has 21 heavy (non-hydrogen) atoms. The zero-order valence-electron chi connectivity index (χ0n) is 11.4. The molecule has 0 heterocycles. The molecule has 0 spiro atoms. The number of amides is 4. The van der Waals surface area contributed by atoms with Gasteiger partial charge in [0.05, 0.1) is 4.92 Å². The van der Waals surface area contributed by atoms with Crippen molar-refractivity contribution in [3.8, 4) is 0 Å². The van der Waals surface area contributed by atoms with Gasteiger partial charge in [-0.05, 0) is 12.5 Å². The van der Waals surface area contributed by atoms with Gasteiger partial charge < -0.3 is 0 Å². The Labute approximate surface area is 120 Å². The molecule has 0 aliphatic carbocycles. The van der Waals surface area contributed by atoms with Crippen LogP contribution in [0.2, 0.25) is 0 Å². The Hall–Kier alpha value is -2.77. The van der Waals surface area contributed by atoms with E-state index in [0.717, 1.165) is 12.5 Å². The number of hydrogen-bond donors (Lipinski definition) is 2. The Balaban J connectivity index is 2.67. The number of carbonyl (C=O) groups excluding carboxylic acids is 3. The molecule has 1 aromatic rings. The van der Waals surface area contributed by atoms with E-state index in [1.165, 1.54) is 18.2 Å². The normalized spacial score (nSPS) is 9.76. The van der Waals surface area contributed by atoms with Gasteiger partial charge in [-0.15, -0.1) is 0 Å². The van der Waals surface area contributed by atoms with E-state index in [1.807, 2.05) is 17.6 Å². The molecule has 1 rings (SSSR count). The predicted octanol–water partition coefficient (Wildman–Crippen LogP) is 1.75. The standard InChI is InChI=1S/C13H15N3O5/c1-2-3-8-11(17)14-13(19)15-12(18)9-6-4-5-7-10(9)16(20)21/h4-7H,2-3,8H2,1H3,(H2,14,15,17,18,19). The number of imide groups is 2. The maximum atomic E-state index is 11.8. The molecule has 0 radical (unpaired) electrons. The van der Waals surface area contributed by atoms with Crippen LogP contribution in [-0.4, -0.2) is 22.8 Å². The van der Waals surface area contributed by atoms with Crippen molar-refractivity contribution in [1.82, 2.24) is 10.6 Å². The van der Waals surface area contributed by atoms with Gasteiger partial charge in [0.1, 0.15) is 5.56 Å². The molecule has 4 amide bonds. The third kappa shape index (κ3) is 5.01. The third-order valence-electron chi connectivity index (χ3n) is 2.58. The molecular weight excluding hydrogens is 278 g/mol. The summed E-state index contributed by atoms with van der Waals surface area (Å²) in [5.41, 5.74) is -0.668. The van der Waals surface area contributed by atoms with Gasteiger partial charge in [0.25, 0.3) is 11.6 Å². The second-order valence-corrected chi connectivity index (χ2v) is 4.21. The molecule has 0 unspecified atom stereocenters. The van der Waals surface area contributed by atoms with Crippen molar-refractivity contribution in [3.05, 3.63) is 39.9 Å². The van der Waals surface area contributed by atoms with Crippen LogP contribution in [0.4, 0.5) is 10.5 Å². The van der Waals surface area contributed by atoms with Crippen LogP contribution in [-0.2, 0) is 4.79 Å². The first kappa shape index (κ1) is 16.3. The molecule has 112 valence electrons. The monoisotopic (exact) mass is 293 g/mol. The lowest BCUT2D eigenvalue weighted by Gasteiger charge is -2.06. The minimum atomic E-state index is -1.00. The van der Waals surface area contributed by atoms with Gasteiger partial charge in [-0.25, -0.2) is 4.79 Å². The topological polar surface area (TPSA) is 118 Å². The average Bonchev–Trinajstić information content (AvgIpc) is 2.44. The highest BCUT2D eigenvalue weighted by atomic mass is 16.6. The number of nitro benzene ring substituents is 1. The highest BCUT2D eigenvalue weighted by Crippen LogP contribution is 2.17. The van der Waals surface area contributed by atoms with Crippen LogP contribution in [0.15, 0.2) is 24.3 Å². The van der Waals surface area contributed by atoms with Crippen molar-refractivity contribution in [2.24, 2.45) is 0 Å². The summed E-state index contributed by atoms with van der Waals surface area (Å²) in [4.78, 5) is 44.6. The molecule has 0 fully saturated rings. The Morgan fingerprint density at radius 3 is 2.48 bits per heavy atom. The molecule has 0 saturated carbocycles. The molecule has 0 aromatic heterocycles. The zero-order chi connectivity index (χ0) is 15.8. The summed E-state index contributed by atoms with van der Waals surface area (Å²) in [6.07, 6.45) is 1.59. The number of nitro groups is 1. The predicted molar refractivity (Wildman–Crippen MR) is 73.6 cm³/mol. The average molecular weight is 293 g/mol. The summed E-state index contributed by atoms with van der Waals surface area (Å²) in [7, 11) is 0. The lowest BCUT2D eigenvalue weighted by Crippen LogP contribution is -2.42. The highest BCUT2D eigenvalue weighted by Gasteiger charge is 2.21. The van der Waals surface area contributed by atoms with Crippen molar-refractivity contribution in [2.45, 2.75) is 26.2 Å². The smallest absolute Gasteiger partial charge is 0.278 e. The maximum Gasteiger partial charge on any atom is 0.328 e. The fourth-order valence-electron chi connectivity index (χ4n) is 1.55. The lowest BCUT2D eigenvalue weighted by molar-refractivity contribution is -0.385. The molecular formula is C13H15N3O5. The maximum absolute atomic E-state index is 11.8. The number of benzene rings is 1. The molecule has 0 aliphatic rings. The van der Waals surface area contributed by atoms with E-state index in [0.29, 0.717) is 6.42 Å². The van der Waals surface area contributed by atoms with Crippen LogP contribution in [0.5, 0.6) is 0 Å². The number of urea groups is 1. The largest absolute Gasteiger partial charge is 0.328 e. The second-order valence-electron chi connectivity index (χ2n) is 4.21. The fraction of sp³-hybridized carbons (Fsp3) is 0.308.